The molecule has 0 atom stereocenters. The molecule has 0 fully saturated rings. The number of thioether (sulfide) groups is 1. The Morgan fingerprint density at radius 1 is 1.08 bits per heavy atom. The van der Waals surface area contributed by atoms with Crippen molar-refractivity contribution < 1.29 is 9.32 Å². The lowest BCUT2D eigenvalue weighted by molar-refractivity contribution is 0.102. The van der Waals surface area contributed by atoms with E-state index in [2.05, 4.69) is 10.5 Å². The standard InChI is InChI=1S/C19H17ClN2O2S/c1-13-10-18(22-24-13)21-19(23)16-6-2-14(3-7-16)11-25-12-15-4-8-17(20)9-5-15/h2-10H,11-12H2,1H3,(H,21,22,23). The van der Waals surface area contributed by atoms with Crippen molar-refractivity contribution >= 4 is 35.1 Å². The highest BCUT2D eigenvalue weighted by molar-refractivity contribution is 7.97. The molecule has 0 aliphatic rings. The molecule has 0 saturated heterocycles. The molecule has 0 spiro atoms. The van der Waals surface area contributed by atoms with Gasteiger partial charge in [0, 0.05) is 28.2 Å². The summed E-state index contributed by atoms with van der Waals surface area (Å²) in [7, 11) is 0. The zero-order valence-corrected chi connectivity index (χ0v) is 15.2. The van der Waals surface area contributed by atoms with Gasteiger partial charge in [-0.2, -0.15) is 11.8 Å². The van der Waals surface area contributed by atoms with Crippen LogP contribution in [-0.4, -0.2) is 11.1 Å². The predicted octanol–water partition coefficient (Wildman–Crippen LogP) is 5.32. The average Bonchev–Trinajstić information content (AvgIpc) is 3.02. The number of anilines is 1. The number of carbonyl (C=O) groups is 1. The van der Waals surface area contributed by atoms with Crippen molar-refractivity contribution in [1.82, 2.24) is 5.16 Å². The summed E-state index contributed by atoms with van der Waals surface area (Å²) in [6.45, 7) is 1.78. The Balaban J connectivity index is 1.51. The second-order valence-electron chi connectivity index (χ2n) is 5.59. The maximum Gasteiger partial charge on any atom is 0.256 e. The molecule has 0 unspecified atom stereocenters. The van der Waals surface area contributed by atoms with Crippen molar-refractivity contribution in [3.63, 3.8) is 0 Å². The smallest absolute Gasteiger partial charge is 0.256 e. The number of amides is 1. The Morgan fingerprint density at radius 2 is 1.68 bits per heavy atom. The monoisotopic (exact) mass is 372 g/mol. The summed E-state index contributed by atoms with van der Waals surface area (Å²) in [5, 5.41) is 7.22. The summed E-state index contributed by atoms with van der Waals surface area (Å²) < 4.78 is 4.93. The summed E-state index contributed by atoms with van der Waals surface area (Å²) in [4.78, 5) is 12.2. The van der Waals surface area contributed by atoms with E-state index in [1.807, 2.05) is 60.3 Å². The summed E-state index contributed by atoms with van der Waals surface area (Å²) in [5.41, 5.74) is 3.01. The minimum Gasteiger partial charge on any atom is -0.360 e. The first-order valence-electron chi connectivity index (χ1n) is 7.76. The van der Waals surface area contributed by atoms with Crippen LogP contribution in [0.3, 0.4) is 0 Å². The first kappa shape index (κ1) is 17.6. The van der Waals surface area contributed by atoms with Crippen molar-refractivity contribution in [2.75, 3.05) is 5.32 Å². The molecule has 0 aliphatic carbocycles. The van der Waals surface area contributed by atoms with Gasteiger partial charge in [0.15, 0.2) is 5.82 Å². The fraction of sp³-hybridized carbons (Fsp3) is 0.158. The average molecular weight is 373 g/mol. The lowest BCUT2D eigenvalue weighted by atomic mass is 10.1. The molecule has 128 valence electrons. The molecule has 0 radical (unpaired) electrons. The van der Waals surface area contributed by atoms with Gasteiger partial charge in [-0.3, -0.25) is 4.79 Å². The minimum atomic E-state index is -0.200. The van der Waals surface area contributed by atoms with Gasteiger partial charge in [-0.15, -0.1) is 0 Å². The van der Waals surface area contributed by atoms with Gasteiger partial charge in [-0.05, 0) is 42.3 Å². The SMILES string of the molecule is Cc1cc(NC(=O)c2ccc(CSCc3ccc(Cl)cc3)cc2)no1. The molecule has 3 rings (SSSR count). The molecule has 0 saturated carbocycles. The van der Waals surface area contributed by atoms with Gasteiger partial charge in [0.05, 0.1) is 0 Å². The van der Waals surface area contributed by atoms with Gasteiger partial charge < -0.3 is 9.84 Å². The zero-order valence-electron chi connectivity index (χ0n) is 13.7. The number of nitrogens with one attached hydrogen (secondary N) is 1. The van der Waals surface area contributed by atoms with Gasteiger partial charge in [0.2, 0.25) is 0 Å². The number of carbonyl (C=O) groups excluding carboxylic acids is 1. The van der Waals surface area contributed by atoms with E-state index in [4.69, 9.17) is 16.1 Å². The molecule has 25 heavy (non-hydrogen) atoms. The Morgan fingerprint density at radius 3 is 2.24 bits per heavy atom. The van der Waals surface area contributed by atoms with Gasteiger partial charge in [-0.1, -0.05) is 41.0 Å². The quantitative estimate of drug-likeness (QED) is 0.636. The number of hydrogen-bond donors (Lipinski definition) is 1. The maximum absolute atomic E-state index is 12.2. The second-order valence-corrected chi connectivity index (χ2v) is 7.02. The van der Waals surface area contributed by atoms with Crippen LogP contribution in [0.4, 0.5) is 5.82 Å². The zero-order chi connectivity index (χ0) is 17.6. The van der Waals surface area contributed by atoms with Crippen LogP contribution in [-0.2, 0) is 11.5 Å². The number of hydrogen-bond acceptors (Lipinski definition) is 4. The van der Waals surface area contributed by atoms with Gasteiger partial charge in [0.1, 0.15) is 5.76 Å². The van der Waals surface area contributed by atoms with Crippen LogP contribution in [0.1, 0.15) is 27.2 Å². The molecule has 2 aromatic carbocycles. The minimum absolute atomic E-state index is 0.200. The number of benzene rings is 2. The summed E-state index contributed by atoms with van der Waals surface area (Å²) in [5.74, 6) is 2.68. The molecule has 1 heterocycles. The third-order valence-electron chi connectivity index (χ3n) is 3.54. The first-order chi connectivity index (χ1) is 12.1. The van der Waals surface area contributed by atoms with Crippen LogP contribution in [0.5, 0.6) is 0 Å². The molecule has 0 aliphatic heterocycles. The van der Waals surface area contributed by atoms with E-state index in [0.29, 0.717) is 17.1 Å². The lowest BCUT2D eigenvalue weighted by Crippen LogP contribution is -2.11. The van der Waals surface area contributed by atoms with E-state index in [1.165, 1.54) is 11.1 Å². The third-order valence-corrected chi connectivity index (χ3v) is 4.86. The van der Waals surface area contributed by atoms with E-state index >= 15 is 0 Å². The fourth-order valence-electron chi connectivity index (χ4n) is 2.23. The number of nitrogens with zero attached hydrogens (tertiary/aromatic N) is 1. The molecule has 4 nitrogen and oxygen atoms in total. The Kier molecular flexibility index (Phi) is 5.79. The Hall–Kier alpha value is -2.24. The largest absolute Gasteiger partial charge is 0.360 e. The molecule has 1 N–H and O–H groups in total. The van der Waals surface area contributed by atoms with Gasteiger partial charge >= 0.3 is 0 Å². The Labute approximate surface area is 155 Å². The van der Waals surface area contributed by atoms with Crippen LogP contribution < -0.4 is 5.32 Å². The fourth-order valence-corrected chi connectivity index (χ4v) is 3.32. The van der Waals surface area contributed by atoms with E-state index in [9.17, 15) is 4.79 Å². The molecule has 3 aromatic rings. The summed E-state index contributed by atoms with van der Waals surface area (Å²) >= 11 is 7.70. The predicted molar refractivity (Wildman–Crippen MR) is 102 cm³/mol. The van der Waals surface area contributed by atoms with Crippen molar-refractivity contribution in [2.24, 2.45) is 0 Å². The highest BCUT2D eigenvalue weighted by atomic mass is 35.5. The first-order valence-corrected chi connectivity index (χ1v) is 9.29. The molecular formula is C19H17ClN2O2S. The molecule has 1 aromatic heterocycles. The number of halogens is 1. The summed E-state index contributed by atoms with van der Waals surface area (Å²) in [6, 6.07) is 17.1. The highest BCUT2D eigenvalue weighted by Gasteiger charge is 2.08. The van der Waals surface area contributed by atoms with Crippen molar-refractivity contribution in [1.29, 1.82) is 0 Å². The van der Waals surface area contributed by atoms with Crippen molar-refractivity contribution in [3.05, 3.63) is 82.1 Å². The van der Waals surface area contributed by atoms with Crippen molar-refractivity contribution in [2.45, 2.75) is 18.4 Å². The van der Waals surface area contributed by atoms with Crippen LogP contribution in [0, 0.1) is 6.92 Å². The topological polar surface area (TPSA) is 55.1 Å². The number of rotatable bonds is 6. The van der Waals surface area contributed by atoms with E-state index in [-0.39, 0.29) is 5.91 Å². The van der Waals surface area contributed by atoms with Gasteiger partial charge in [0.25, 0.3) is 5.91 Å². The van der Waals surface area contributed by atoms with Crippen LogP contribution in [0.2, 0.25) is 5.02 Å². The number of aromatic nitrogens is 1. The normalized spacial score (nSPS) is 10.6. The molecule has 0 bridgehead atoms. The van der Waals surface area contributed by atoms with E-state index in [1.54, 1.807) is 13.0 Å². The van der Waals surface area contributed by atoms with Crippen LogP contribution >= 0.6 is 23.4 Å². The summed E-state index contributed by atoms with van der Waals surface area (Å²) in [6.07, 6.45) is 0. The molecule has 6 heteroatoms. The van der Waals surface area contributed by atoms with Crippen LogP contribution in [0.15, 0.2) is 59.1 Å². The van der Waals surface area contributed by atoms with Crippen LogP contribution in [0.25, 0.3) is 0 Å². The lowest BCUT2D eigenvalue weighted by Gasteiger charge is -2.05. The highest BCUT2D eigenvalue weighted by Crippen LogP contribution is 2.20. The molecular weight excluding hydrogens is 356 g/mol. The van der Waals surface area contributed by atoms with Crippen molar-refractivity contribution in [3.8, 4) is 0 Å². The third kappa shape index (κ3) is 5.11. The molecule has 1 amide bonds. The number of aryl methyl sites for hydroxylation is 1. The Bertz CT molecular complexity index is 845. The second kappa shape index (κ2) is 8.23. The van der Waals surface area contributed by atoms with E-state index in [0.717, 1.165) is 16.5 Å². The van der Waals surface area contributed by atoms with E-state index < -0.39 is 0 Å². The maximum atomic E-state index is 12.2. The van der Waals surface area contributed by atoms with Gasteiger partial charge in [-0.25, -0.2) is 0 Å².